The van der Waals surface area contributed by atoms with Crippen LogP contribution in [0.2, 0.25) is 0 Å². The van der Waals surface area contributed by atoms with Crippen molar-refractivity contribution in [2.24, 2.45) is 0 Å². The van der Waals surface area contributed by atoms with Crippen LogP contribution in [0.4, 0.5) is 0 Å². The zero-order valence-corrected chi connectivity index (χ0v) is 10.4. The predicted molar refractivity (Wildman–Crippen MR) is 66.4 cm³/mol. The molecule has 0 aliphatic carbocycles. The van der Waals surface area contributed by atoms with Gasteiger partial charge in [-0.05, 0) is 19.4 Å². The quantitative estimate of drug-likeness (QED) is 0.800. The van der Waals surface area contributed by atoms with Crippen LogP contribution in [0, 0.1) is 0 Å². The molecule has 1 aliphatic heterocycles. The summed E-state index contributed by atoms with van der Waals surface area (Å²) >= 11 is 0. The van der Waals surface area contributed by atoms with Crippen LogP contribution in [-0.2, 0) is 9.53 Å². The first-order valence-electron chi connectivity index (χ1n) is 6.21. The van der Waals surface area contributed by atoms with E-state index in [0.29, 0.717) is 13.0 Å². The first-order valence-corrected chi connectivity index (χ1v) is 6.21. The molecule has 3 nitrogen and oxygen atoms in total. The summed E-state index contributed by atoms with van der Waals surface area (Å²) in [6, 6.07) is 10.2. The van der Waals surface area contributed by atoms with Gasteiger partial charge < -0.3 is 9.64 Å². The lowest BCUT2D eigenvalue weighted by atomic mass is 10.1. The molecule has 0 bridgehead atoms. The van der Waals surface area contributed by atoms with Gasteiger partial charge in [0.25, 0.3) is 0 Å². The fourth-order valence-corrected chi connectivity index (χ4v) is 2.39. The van der Waals surface area contributed by atoms with Crippen LogP contribution in [-0.4, -0.2) is 23.6 Å². The molecule has 2 atom stereocenters. The number of ether oxygens (including phenoxy) is 1. The van der Waals surface area contributed by atoms with Crippen LogP contribution >= 0.6 is 0 Å². The molecule has 1 saturated heterocycles. The highest BCUT2D eigenvalue weighted by Crippen LogP contribution is 2.30. The first kappa shape index (κ1) is 12.1. The van der Waals surface area contributed by atoms with E-state index in [2.05, 4.69) is 19.1 Å². The second-order valence-corrected chi connectivity index (χ2v) is 4.34. The maximum absolute atomic E-state index is 11.9. The molecule has 0 radical (unpaired) electrons. The van der Waals surface area contributed by atoms with Crippen molar-refractivity contribution in [3.63, 3.8) is 0 Å². The molecule has 1 unspecified atom stereocenters. The van der Waals surface area contributed by atoms with Gasteiger partial charge in [0.1, 0.15) is 6.23 Å². The minimum absolute atomic E-state index is 0.0530. The first-order chi connectivity index (χ1) is 8.24. The average Bonchev–Trinajstić information content (AvgIpc) is 2.71. The Morgan fingerprint density at radius 2 is 2.12 bits per heavy atom. The van der Waals surface area contributed by atoms with Crippen LogP contribution in [0.3, 0.4) is 0 Å². The van der Waals surface area contributed by atoms with E-state index < -0.39 is 0 Å². The van der Waals surface area contributed by atoms with Crippen LogP contribution in [0.1, 0.15) is 38.3 Å². The Hall–Kier alpha value is -1.35. The summed E-state index contributed by atoms with van der Waals surface area (Å²) in [7, 11) is 0. The molecule has 92 valence electrons. The van der Waals surface area contributed by atoms with Gasteiger partial charge in [-0.3, -0.25) is 4.79 Å². The average molecular weight is 233 g/mol. The Morgan fingerprint density at radius 1 is 1.41 bits per heavy atom. The lowest BCUT2D eigenvalue weighted by Crippen LogP contribution is -2.37. The Kier molecular flexibility index (Phi) is 3.79. The molecule has 2 rings (SSSR count). The number of carbonyl (C=O) groups is 1. The normalized spacial score (nSPS) is 21.9. The van der Waals surface area contributed by atoms with Crippen molar-refractivity contribution in [2.75, 3.05) is 6.61 Å². The maximum atomic E-state index is 11.9. The van der Waals surface area contributed by atoms with Gasteiger partial charge in [-0.1, -0.05) is 30.3 Å². The van der Waals surface area contributed by atoms with Gasteiger partial charge >= 0.3 is 0 Å². The SMILES string of the molecule is CCOC1CCC(=O)N1[C@H](C)c1ccccc1. The van der Waals surface area contributed by atoms with Crippen molar-refractivity contribution >= 4 is 5.91 Å². The van der Waals surface area contributed by atoms with Crippen LogP contribution in [0.25, 0.3) is 0 Å². The number of benzene rings is 1. The molecule has 0 N–H and O–H groups in total. The molecule has 1 amide bonds. The Morgan fingerprint density at radius 3 is 2.76 bits per heavy atom. The summed E-state index contributed by atoms with van der Waals surface area (Å²) in [6.45, 7) is 4.68. The Labute approximate surface area is 102 Å². The van der Waals surface area contributed by atoms with Crippen LogP contribution in [0.15, 0.2) is 30.3 Å². The second kappa shape index (κ2) is 5.32. The molecule has 1 aromatic rings. The van der Waals surface area contributed by atoms with E-state index >= 15 is 0 Å². The van der Waals surface area contributed by atoms with Gasteiger partial charge in [0, 0.05) is 19.4 Å². The van der Waals surface area contributed by atoms with E-state index in [1.165, 1.54) is 0 Å². The number of rotatable bonds is 4. The van der Waals surface area contributed by atoms with Gasteiger partial charge in [0.15, 0.2) is 0 Å². The van der Waals surface area contributed by atoms with Gasteiger partial charge in [-0.2, -0.15) is 0 Å². The standard InChI is InChI=1S/C14H19NO2/c1-3-17-14-10-9-13(16)15(14)11(2)12-7-5-4-6-8-12/h4-8,11,14H,3,9-10H2,1-2H3/t11-,14?/m1/s1. The zero-order chi connectivity index (χ0) is 12.3. The van der Waals surface area contributed by atoms with Crippen LogP contribution < -0.4 is 0 Å². The third kappa shape index (κ3) is 2.50. The summed E-state index contributed by atoms with van der Waals surface area (Å²) in [5, 5.41) is 0. The molecule has 0 aromatic heterocycles. The summed E-state index contributed by atoms with van der Waals surface area (Å²) in [5.74, 6) is 0.194. The number of hydrogen-bond acceptors (Lipinski definition) is 2. The topological polar surface area (TPSA) is 29.5 Å². The summed E-state index contributed by atoms with van der Waals surface area (Å²) in [5.41, 5.74) is 1.16. The van der Waals surface area contributed by atoms with E-state index in [1.807, 2.05) is 30.0 Å². The number of hydrogen-bond donors (Lipinski definition) is 0. The molecule has 1 heterocycles. The Bertz CT molecular complexity index is 377. The molecule has 0 saturated carbocycles. The molecule has 0 spiro atoms. The Balaban J connectivity index is 2.16. The summed E-state index contributed by atoms with van der Waals surface area (Å²) < 4.78 is 5.63. The monoisotopic (exact) mass is 233 g/mol. The number of carbonyl (C=O) groups excluding carboxylic acids is 1. The van der Waals surface area contributed by atoms with Gasteiger partial charge in [0.2, 0.25) is 5.91 Å². The lowest BCUT2D eigenvalue weighted by molar-refractivity contribution is -0.139. The molecular formula is C14H19NO2. The van der Waals surface area contributed by atoms with E-state index in [9.17, 15) is 4.79 Å². The van der Waals surface area contributed by atoms with Crippen molar-refractivity contribution < 1.29 is 9.53 Å². The third-order valence-corrected chi connectivity index (χ3v) is 3.26. The van der Waals surface area contributed by atoms with E-state index in [0.717, 1.165) is 12.0 Å². The highest BCUT2D eigenvalue weighted by Gasteiger charge is 2.35. The number of nitrogens with zero attached hydrogens (tertiary/aromatic N) is 1. The fraction of sp³-hybridized carbons (Fsp3) is 0.500. The van der Waals surface area contributed by atoms with Crippen LogP contribution in [0.5, 0.6) is 0 Å². The van der Waals surface area contributed by atoms with Gasteiger partial charge in [-0.15, -0.1) is 0 Å². The lowest BCUT2D eigenvalue weighted by Gasteiger charge is -2.30. The number of amides is 1. The van der Waals surface area contributed by atoms with Gasteiger partial charge in [0.05, 0.1) is 6.04 Å². The third-order valence-electron chi connectivity index (χ3n) is 3.26. The molecule has 1 aromatic carbocycles. The smallest absolute Gasteiger partial charge is 0.225 e. The van der Waals surface area contributed by atoms with Crippen molar-refractivity contribution in [3.05, 3.63) is 35.9 Å². The summed E-state index contributed by atoms with van der Waals surface area (Å²) in [6.07, 6.45) is 1.36. The highest BCUT2D eigenvalue weighted by molar-refractivity contribution is 5.79. The van der Waals surface area contributed by atoms with Crippen molar-refractivity contribution in [3.8, 4) is 0 Å². The minimum Gasteiger partial charge on any atom is -0.359 e. The molecular weight excluding hydrogens is 214 g/mol. The van der Waals surface area contributed by atoms with E-state index in [4.69, 9.17) is 4.74 Å². The maximum Gasteiger partial charge on any atom is 0.225 e. The molecule has 1 fully saturated rings. The van der Waals surface area contributed by atoms with E-state index in [-0.39, 0.29) is 18.2 Å². The predicted octanol–water partition coefficient (Wildman–Crippen LogP) is 2.73. The molecule has 1 aliphatic rings. The minimum atomic E-state index is -0.0530. The van der Waals surface area contributed by atoms with Crippen molar-refractivity contribution in [1.29, 1.82) is 0 Å². The fourth-order valence-electron chi connectivity index (χ4n) is 2.39. The highest BCUT2D eigenvalue weighted by atomic mass is 16.5. The van der Waals surface area contributed by atoms with Crippen molar-refractivity contribution in [2.45, 2.75) is 39.0 Å². The van der Waals surface area contributed by atoms with E-state index in [1.54, 1.807) is 0 Å². The van der Waals surface area contributed by atoms with Crippen molar-refractivity contribution in [1.82, 2.24) is 4.90 Å². The molecule has 3 heteroatoms. The summed E-state index contributed by atoms with van der Waals surface area (Å²) in [4.78, 5) is 13.8. The second-order valence-electron chi connectivity index (χ2n) is 4.34. The zero-order valence-electron chi connectivity index (χ0n) is 10.4. The largest absolute Gasteiger partial charge is 0.359 e. The molecule has 17 heavy (non-hydrogen) atoms. The van der Waals surface area contributed by atoms with Gasteiger partial charge in [-0.25, -0.2) is 0 Å². The number of likely N-dealkylation sites (tertiary alicyclic amines) is 1.